The topological polar surface area (TPSA) is 43.0 Å². The van der Waals surface area contributed by atoms with E-state index in [0.717, 1.165) is 18.8 Å². The fourth-order valence-corrected chi connectivity index (χ4v) is 2.58. The van der Waals surface area contributed by atoms with E-state index in [1.165, 1.54) is 16.5 Å². The van der Waals surface area contributed by atoms with Gasteiger partial charge in [0.15, 0.2) is 5.76 Å². The van der Waals surface area contributed by atoms with Crippen LogP contribution in [0.4, 0.5) is 0 Å². The van der Waals surface area contributed by atoms with Crippen molar-refractivity contribution in [2.24, 2.45) is 5.92 Å². The van der Waals surface area contributed by atoms with Crippen LogP contribution < -0.4 is 5.32 Å². The highest BCUT2D eigenvalue weighted by atomic mass is 16.5. The second-order valence-electron chi connectivity index (χ2n) is 5.80. The zero-order chi connectivity index (χ0) is 14.7. The van der Waals surface area contributed by atoms with Crippen LogP contribution in [0.3, 0.4) is 0 Å². The Kier molecular flexibility index (Phi) is 4.06. The molecule has 21 heavy (non-hydrogen) atoms. The maximum Gasteiger partial charge on any atom is 0.156 e. The number of para-hydroxylation sites is 1. The zero-order valence-corrected chi connectivity index (χ0v) is 12.5. The van der Waals surface area contributed by atoms with Crippen molar-refractivity contribution in [1.29, 1.82) is 0 Å². The maximum absolute atomic E-state index is 5.22. The Bertz CT molecular complexity index is 698. The average molecular weight is 283 g/mol. The molecule has 3 rings (SSSR count). The van der Waals surface area contributed by atoms with Crippen molar-refractivity contribution in [2.45, 2.75) is 26.9 Å². The van der Waals surface area contributed by atoms with E-state index in [0.29, 0.717) is 12.5 Å². The van der Waals surface area contributed by atoms with Crippen LogP contribution in [-0.4, -0.2) is 16.3 Å². The molecule has 4 nitrogen and oxygen atoms in total. The highest BCUT2D eigenvalue weighted by Gasteiger charge is 2.09. The summed E-state index contributed by atoms with van der Waals surface area (Å²) < 4.78 is 7.45. The first-order valence-electron chi connectivity index (χ1n) is 7.41. The first kappa shape index (κ1) is 13.9. The van der Waals surface area contributed by atoms with Crippen molar-refractivity contribution < 1.29 is 4.52 Å². The summed E-state index contributed by atoms with van der Waals surface area (Å²) in [4.78, 5) is 0. The number of nitrogens with one attached hydrogen (secondary N) is 1. The number of benzene rings is 1. The van der Waals surface area contributed by atoms with E-state index < -0.39 is 0 Å². The highest BCUT2D eigenvalue weighted by molar-refractivity contribution is 5.84. The van der Waals surface area contributed by atoms with Gasteiger partial charge in [-0.05, 0) is 24.1 Å². The molecule has 110 valence electrons. The molecule has 0 saturated carbocycles. The van der Waals surface area contributed by atoms with Crippen LogP contribution >= 0.6 is 0 Å². The third-order valence-electron chi connectivity index (χ3n) is 3.56. The summed E-state index contributed by atoms with van der Waals surface area (Å²) in [7, 11) is 0. The van der Waals surface area contributed by atoms with Crippen molar-refractivity contribution in [2.75, 3.05) is 6.54 Å². The van der Waals surface area contributed by atoms with Gasteiger partial charge in [-0.2, -0.15) is 0 Å². The van der Waals surface area contributed by atoms with Crippen molar-refractivity contribution in [3.05, 3.63) is 54.0 Å². The summed E-state index contributed by atoms with van der Waals surface area (Å²) in [5, 5.41) is 8.59. The van der Waals surface area contributed by atoms with E-state index in [2.05, 4.69) is 59.4 Å². The maximum atomic E-state index is 5.22. The lowest BCUT2D eigenvalue weighted by atomic mass is 10.1. The highest BCUT2D eigenvalue weighted by Crippen LogP contribution is 2.22. The average Bonchev–Trinajstić information content (AvgIpc) is 3.09. The minimum Gasteiger partial charge on any atom is -0.359 e. The van der Waals surface area contributed by atoms with E-state index in [1.54, 1.807) is 6.20 Å². The molecule has 0 saturated heterocycles. The molecular weight excluding hydrogens is 262 g/mol. The van der Waals surface area contributed by atoms with Crippen LogP contribution in [0.5, 0.6) is 0 Å². The minimum atomic E-state index is 0.660. The second kappa shape index (κ2) is 6.14. The number of hydrogen-bond acceptors (Lipinski definition) is 3. The van der Waals surface area contributed by atoms with E-state index in [-0.39, 0.29) is 0 Å². The van der Waals surface area contributed by atoms with Crippen molar-refractivity contribution in [3.8, 4) is 0 Å². The number of fused-ring (bicyclic) bond motifs is 1. The molecule has 0 amide bonds. The molecule has 0 aliphatic carbocycles. The molecule has 2 aromatic heterocycles. The number of nitrogens with zero attached hydrogens (tertiary/aromatic N) is 2. The molecule has 0 atom stereocenters. The van der Waals surface area contributed by atoms with Crippen molar-refractivity contribution in [1.82, 2.24) is 15.0 Å². The number of aromatic nitrogens is 2. The van der Waals surface area contributed by atoms with Gasteiger partial charge in [0.1, 0.15) is 0 Å². The lowest BCUT2D eigenvalue weighted by Gasteiger charge is -2.06. The summed E-state index contributed by atoms with van der Waals surface area (Å²) in [6.07, 6.45) is 3.90. The second-order valence-corrected chi connectivity index (χ2v) is 5.80. The molecule has 0 aliphatic heterocycles. The summed E-state index contributed by atoms with van der Waals surface area (Å²) in [5.41, 5.74) is 2.56. The minimum absolute atomic E-state index is 0.660. The fraction of sp³-hybridized carbons (Fsp3) is 0.353. The van der Waals surface area contributed by atoms with Crippen molar-refractivity contribution in [3.63, 3.8) is 0 Å². The summed E-state index contributed by atoms with van der Waals surface area (Å²) >= 11 is 0. The Labute approximate surface area is 124 Å². The molecule has 1 aromatic carbocycles. The molecule has 4 heteroatoms. The Balaban J connectivity index is 1.86. The number of rotatable bonds is 6. The molecule has 0 spiro atoms. The van der Waals surface area contributed by atoms with Gasteiger partial charge in [-0.1, -0.05) is 37.2 Å². The SMILES string of the molecule is CC(C)CNCc1cn(Cc2ccno2)c2ccccc12. The van der Waals surface area contributed by atoms with E-state index >= 15 is 0 Å². The molecule has 0 aliphatic rings. The Morgan fingerprint density at radius 1 is 1.24 bits per heavy atom. The van der Waals surface area contributed by atoms with Crippen LogP contribution in [0.2, 0.25) is 0 Å². The summed E-state index contributed by atoms with van der Waals surface area (Å²) in [6, 6.07) is 10.4. The zero-order valence-electron chi connectivity index (χ0n) is 12.5. The third kappa shape index (κ3) is 3.16. The summed E-state index contributed by atoms with van der Waals surface area (Å²) in [5.74, 6) is 1.53. The molecule has 1 N–H and O–H groups in total. The first-order chi connectivity index (χ1) is 10.2. The van der Waals surface area contributed by atoms with Gasteiger partial charge in [0.05, 0.1) is 12.7 Å². The monoisotopic (exact) mass is 283 g/mol. The van der Waals surface area contributed by atoms with E-state index in [1.807, 2.05) is 6.07 Å². The van der Waals surface area contributed by atoms with Crippen LogP contribution in [0.1, 0.15) is 25.2 Å². The van der Waals surface area contributed by atoms with Gasteiger partial charge < -0.3 is 14.4 Å². The predicted molar refractivity (Wildman–Crippen MR) is 84.1 cm³/mol. The van der Waals surface area contributed by atoms with Crippen LogP contribution in [0, 0.1) is 5.92 Å². The molecule has 0 bridgehead atoms. The van der Waals surface area contributed by atoms with Gasteiger partial charge in [0.2, 0.25) is 0 Å². The fourth-order valence-electron chi connectivity index (χ4n) is 2.58. The Morgan fingerprint density at radius 3 is 2.86 bits per heavy atom. The van der Waals surface area contributed by atoms with E-state index in [4.69, 9.17) is 4.52 Å². The Hall–Kier alpha value is -2.07. The normalized spacial score (nSPS) is 11.6. The largest absolute Gasteiger partial charge is 0.359 e. The molecule has 2 heterocycles. The van der Waals surface area contributed by atoms with Gasteiger partial charge >= 0.3 is 0 Å². The van der Waals surface area contributed by atoms with Gasteiger partial charge in [0.25, 0.3) is 0 Å². The smallest absolute Gasteiger partial charge is 0.156 e. The van der Waals surface area contributed by atoms with Gasteiger partial charge in [-0.15, -0.1) is 0 Å². The van der Waals surface area contributed by atoms with Crippen LogP contribution in [-0.2, 0) is 13.1 Å². The van der Waals surface area contributed by atoms with Gasteiger partial charge in [-0.25, -0.2) is 0 Å². The number of hydrogen-bond donors (Lipinski definition) is 1. The van der Waals surface area contributed by atoms with Gasteiger partial charge in [-0.3, -0.25) is 0 Å². The first-order valence-corrected chi connectivity index (χ1v) is 7.41. The van der Waals surface area contributed by atoms with E-state index in [9.17, 15) is 0 Å². The predicted octanol–water partition coefficient (Wildman–Crippen LogP) is 3.42. The lowest BCUT2D eigenvalue weighted by molar-refractivity contribution is 0.377. The van der Waals surface area contributed by atoms with Gasteiger partial charge in [0, 0.05) is 29.7 Å². The lowest BCUT2D eigenvalue weighted by Crippen LogP contribution is -2.18. The summed E-state index contributed by atoms with van der Waals surface area (Å²) in [6.45, 7) is 7.08. The molecule has 0 unspecified atom stereocenters. The molecule has 0 fully saturated rings. The third-order valence-corrected chi connectivity index (χ3v) is 3.56. The molecule has 3 aromatic rings. The van der Waals surface area contributed by atoms with Crippen LogP contribution in [0.25, 0.3) is 10.9 Å². The Morgan fingerprint density at radius 2 is 2.10 bits per heavy atom. The van der Waals surface area contributed by atoms with Crippen LogP contribution in [0.15, 0.2) is 47.2 Å². The standard InChI is InChI=1S/C17H21N3O/c1-13(2)9-18-10-14-11-20(12-15-7-8-19-21-15)17-6-4-3-5-16(14)17/h3-8,11,13,18H,9-10,12H2,1-2H3. The molecular formula is C17H21N3O. The van der Waals surface area contributed by atoms with Crippen molar-refractivity contribution >= 4 is 10.9 Å². The quantitative estimate of drug-likeness (QED) is 0.753. The molecule has 0 radical (unpaired) electrons.